The zero-order valence-electron chi connectivity index (χ0n) is 18.8. The molecule has 4 aromatic rings. The van der Waals surface area contributed by atoms with Crippen molar-refractivity contribution in [3.8, 4) is 11.5 Å². The number of benzene rings is 4. The van der Waals surface area contributed by atoms with Crippen molar-refractivity contribution in [2.24, 2.45) is 0 Å². The summed E-state index contributed by atoms with van der Waals surface area (Å²) in [7, 11) is 0. The van der Waals surface area contributed by atoms with Gasteiger partial charge < -0.3 is 15.2 Å². The molecule has 35 heavy (non-hydrogen) atoms. The van der Waals surface area contributed by atoms with E-state index < -0.39 is 18.0 Å². The number of carbonyl (C=O) groups excluding carboxylic acids is 2. The van der Waals surface area contributed by atoms with E-state index in [1.807, 2.05) is 43.3 Å². The molecule has 1 atom stereocenters. The first kappa shape index (κ1) is 22.7. The highest BCUT2D eigenvalue weighted by atomic mass is 79.9. The van der Waals surface area contributed by atoms with Gasteiger partial charge in [0.25, 0.3) is 11.8 Å². The van der Waals surface area contributed by atoms with Gasteiger partial charge in [-0.2, -0.15) is 0 Å². The average Bonchev–Trinajstić information content (AvgIpc) is 2.86. The normalized spacial score (nSPS) is 14.9. The number of carbonyl (C=O) groups is 2. The molecule has 1 heterocycles. The lowest BCUT2D eigenvalue weighted by Crippen LogP contribution is -2.53. The molecule has 1 aliphatic heterocycles. The van der Waals surface area contributed by atoms with E-state index in [9.17, 15) is 14.7 Å². The first-order valence-corrected chi connectivity index (χ1v) is 11.9. The van der Waals surface area contributed by atoms with E-state index in [4.69, 9.17) is 4.74 Å². The van der Waals surface area contributed by atoms with Crippen molar-refractivity contribution in [1.82, 2.24) is 10.4 Å². The van der Waals surface area contributed by atoms with Crippen LogP contribution in [0.2, 0.25) is 0 Å². The maximum absolute atomic E-state index is 13.7. The van der Waals surface area contributed by atoms with Gasteiger partial charge in [0.15, 0.2) is 6.17 Å². The summed E-state index contributed by atoms with van der Waals surface area (Å²) in [6, 6.07) is 23.1. The number of hydrazine groups is 1. The summed E-state index contributed by atoms with van der Waals surface area (Å²) in [6.07, 6.45) is -0.870. The summed E-state index contributed by atoms with van der Waals surface area (Å²) in [5.41, 5.74) is 4.51. The van der Waals surface area contributed by atoms with Crippen LogP contribution in [-0.2, 0) is 0 Å². The van der Waals surface area contributed by atoms with Crippen LogP contribution in [0.15, 0.2) is 83.3 Å². The minimum Gasteiger partial charge on any atom is -0.507 e. The molecule has 0 spiro atoms. The Labute approximate surface area is 210 Å². The van der Waals surface area contributed by atoms with Crippen LogP contribution in [0.5, 0.6) is 11.5 Å². The number of halogens is 1. The van der Waals surface area contributed by atoms with Gasteiger partial charge in [0, 0.05) is 15.7 Å². The second kappa shape index (κ2) is 9.31. The smallest absolute Gasteiger partial charge is 0.276 e. The molecular formula is C27H22BrN3O4. The van der Waals surface area contributed by atoms with E-state index in [1.165, 1.54) is 5.01 Å². The van der Waals surface area contributed by atoms with Crippen molar-refractivity contribution in [3.63, 3.8) is 0 Å². The Balaban J connectivity index is 1.63. The lowest BCUT2D eigenvalue weighted by Gasteiger charge is -2.38. The third-order valence-corrected chi connectivity index (χ3v) is 6.35. The topological polar surface area (TPSA) is 90.9 Å². The predicted molar refractivity (Wildman–Crippen MR) is 137 cm³/mol. The molecule has 1 unspecified atom stereocenters. The molecule has 7 nitrogen and oxygen atoms in total. The fourth-order valence-electron chi connectivity index (χ4n) is 4.27. The minimum absolute atomic E-state index is 0.00327. The van der Waals surface area contributed by atoms with Crippen LogP contribution >= 0.6 is 15.9 Å². The Hall–Kier alpha value is -4.04. The first-order valence-electron chi connectivity index (χ1n) is 11.1. The summed E-state index contributed by atoms with van der Waals surface area (Å²) < 4.78 is 6.34. The van der Waals surface area contributed by atoms with E-state index in [0.717, 1.165) is 15.2 Å². The van der Waals surface area contributed by atoms with Gasteiger partial charge in [-0.15, -0.1) is 0 Å². The maximum Gasteiger partial charge on any atom is 0.276 e. The summed E-state index contributed by atoms with van der Waals surface area (Å²) in [6.45, 7) is 2.23. The van der Waals surface area contributed by atoms with E-state index in [0.29, 0.717) is 34.7 Å². The Bertz CT molecular complexity index is 1460. The van der Waals surface area contributed by atoms with Gasteiger partial charge in [0.2, 0.25) is 0 Å². The van der Waals surface area contributed by atoms with Crippen molar-refractivity contribution in [2.75, 3.05) is 11.9 Å². The Morgan fingerprint density at radius 3 is 2.69 bits per heavy atom. The molecule has 0 radical (unpaired) electrons. The zero-order valence-corrected chi connectivity index (χ0v) is 20.4. The SMILES string of the molecule is CCOc1ccccc1C(=O)NN1C(=O)c2cc(Br)ccc2NC1c1c(O)ccc2ccccc12. The number of phenols is 1. The maximum atomic E-state index is 13.7. The van der Waals surface area contributed by atoms with Crippen molar-refractivity contribution in [1.29, 1.82) is 0 Å². The number of hydrogen-bond donors (Lipinski definition) is 3. The van der Waals surface area contributed by atoms with Gasteiger partial charge in [-0.25, -0.2) is 5.01 Å². The second-order valence-electron chi connectivity index (χ2n) is 8.00. The molecule has 0 saturated heterocycles. The number of hydrogen-bond acceptors (Lipinski definition) is 5. The molecule has 0 aliphatic carbocycles. The number of nitrogens with one attached hydrogen (secondary N) is 2. The quantitative estimate of drug-likeness (QED) is 0.311. The summed E-state index contributed by atoms with van der Waals surface area (Å²) in [4.78, 5) is 27.1. The van der Waals surface area contributed by atoms with Crippen molar-refractivity contribution in [2.45, 2.75) is 13.1 Å². The van der Waals surface area contributed by atoms with E-state index >= 15 is 0 Å². The van der Waals surface area contributed by atoms with Gasteiger partial charge >= 0.3 is 0 Å². The number of aromatic hydroxyl groups is 1. The highest BCUT2D eigenvalue weighted by Crippen LogP contribution is 2.40. The number of rotatable bonds is 5. The van der Waals surface area contributed by atoms with Crippen molar-refractivity contribution in [3.05, 3.63) is 100 Å². The van der Waals surface area contributed by atoms with E-state index in [-0.39, 0.29) is 5.75 Å². The third kappa shape index (κ3) is 4.17. The fourth-order valence-corrected chi connectivity index (χ4v) is 4.63. The van der Waals surface area contributed by atoms with Crippen LogP contribution in [0.4, 0.5) is 5.69 Å². The number of para-hydroxylation sites is 1. The molecule has 1 aliphatic rings. The van der Waals surface area contributed by atoms with E-state index in [1.54, 1.807) is 42.5 Å². The monoisotopic (exact) mass is 531 g/mol. The lowest BCUT2D eigenvalue weighted by atomic mass is 9.98. The van der Waals surface area contributed by atoms with E-state index in [2.05, 4.69) is 26.7 Å². The number of phenolic OH excluding ortho intramolecular Hbond substituents is 1. The molecular weight excluding hydrogens is 510 g/mol. The lowest BCUT2D eigenvalue weighted by molar-refractivity contribution is 0.0488. The van der Waals surface area contributed by atoms with Crippen molar-refractivity contribution >= 4 is 44.2 Å². The predicted octanol–water partition coefficient (Wildman–Crippen LogP) is 5.62. The number of ether oxygens (including phenoxy) is 1. The molecule has 0 bridgehead atoms. The Morgan fingerprint density at radius 1 is 1.09 bits per heavy atom. The van der Waals surface area contributed by atoms with Crippen LogP contribution in [-0.4, -0.2) is 28.5 Å². The van der Waals surface area contributed by atoms with Crippen LogP contribution < -0.4 is 15.5 Å². The van der Waals surface area contributed by atoms with Crippen LogP contribution in [0.25, 0.3) is 10.8 Å². The third-order valence-electron chi connectivity index (χ3n) is 5.86. The largest absolute Gasteiger partial charge is 0.507 e. The van der Waals surface area contributed by atoms with Crippen LogP contribution in [0.3, 0.4) is 0 Å². The fraction of sp³-hybridized carbons (Fsp3) is 0.111. The number of nitrogens with zero attached hydrogens (tertiary/aromatic N) is 1. The molecule has 2 amide bonds. The first-order chi connectivity index (χ1) is 17.0. The standard InChI is InChI=1S/C27H22BrN3O4/c1-2-35-23-10-6-5-9-19(23)26(33)30-31-25(29-21-13-12-17(28)15-20(21)27(31)34)24-18-8-4-3-7-16(18)11-14-22(24)32/h3-15,25,29,32H,2H2,1H3,(H,30,33). The zero-order chi connectivity index (χ0) is 24.5. The molecule has 5 rings (SSSR count). The van der Waals surface area contributed by atoms with Gasteiger partial charge in [0.05, 0.1) is 17.7 Å². The average molecular weight is 532 g/mol. The van der Waals surface area contributed by atoms with Crippen molar-refractivity contribution < 1.29 is 19.4 Å². The summed E-state index contributed by atoms with van der Waals surface area (Å²) >= 11 is 3.41. The number of anilines is 1. The molecule has 0 fully saturated rings. The number of amides is 2. The molecule has 4 aromatic carbocycles. The molecule has 8 heteroatoms. The second-order valence-corrected chi connectivity index (χ2v) is 8.92. The minimum atomic E-state index is -0.870. The molecule has 0 aromatic heterocycles. The molecule has 176 valence electrons. The Morgan fingerprint density at radius 2 is 1.86 bits per heavy atom. The van der Waals surface area contributed by atoms with Gasteiger partial charge in [-0.05, 0) is 54.1 Å². The van der Waals surface area contributed by atoms with Crippen LogP contribution in [0, 0.1) is 0 Å². The number of fused-ring (bicyclic) bond motifs is 2. The van der Waals surface area contributed by atoms with Gasteiger partial charge in [-0.3, -0.25) is 15.0 Å². The highest BCUT2D eigenvalue weighted by molar-refractivity contribution is 9.10. The summed E-state index contributed by atoms with van der Waals surface area (Å²) in [5, 5.41) is 17.1. The molecule has 0 saturated carbocycles. The summed E-state index contributed by atoms with van der Waals surface area (Å²) in [5.74, 6) is -0.506. The van der Waals surface area contributed by atoms with Crippen LogP contribution in [0.1, 0.15) is 39.4 Å². The van der Waals surface area contributed by atoms with Gasteiger partial charge in [-0.1, -0.05) is 58.4 Å². The highest BCUT2D eigenvalue weighted by Gasteiger charge is 2.37. The Kier molecular flexibility index (Phi) is 6.05. The molecule has 3 N–H and O–H groups in total. The van der Waals surface area contributed by atoms with Gasteiger partial charge in [0.1, 0.15) is 11.5 Å².